The minimum absolute atomic E-state index is 0.129. The molecule has 0 aliphatic rings. The quantitative estimate of drug-likeness (QED) is 0.382. The van der Waals surface area contributed by atoms with E-state index < -0.39 is 14.2 Å². The molecule has 0 saturated heterocycles. The standard InChI is InChI=1S/C13H11B2ClN2O5/c16-13-9-5-7(14(20)21)1-3-10(9)17-18(13)11-4-2-8(15(22)23)6-12(11)19/h1-6,19-23H. The van der Waals surface area contributed by atoms with Crippen LogP contribution in [0, 0.1) is 0 Å². The van der Waals surface area contributed by atoms with Crippen LogP contribution in [0.1, 0.15) is 0 Å². The summed E-state index contributed by atoms with van der Waals surface area (Å²) in [5.41, 5.74) is 1.15. The van der Waals surface area contributed by atoms with Crippen LogP contribution in [0.4, 0.5) is 0 Å². The van der Waals surface area contributed by atoms with E-state index in [0.717, 1.165) is 0 Å². The fraction of sp³-hybridized carbons (Fsp3) is 0. The highest BCUT2D eigenvalue weighted by molar-refractivity contribution is 6.59. The minimum atomic E-state index is -1.70. The highest BCUT2D eigenvalue weighted by Crippen LogP contribution is 2.29. The molecule has 5 N–H and O–H groups in total. The maximum absolute atomic E-state index is 10.1. The Morgan fingerprint density at radius 3 is 2.13 bits per heavy atom. The lowest BCUT2D eigenvalue weighted by Gasteiger charge is -2.08. The number of aromatic hydroxyl groups is 1. The molecule has 0 atom stereocenters. The van der Waals surface area contributed by atoms with Crippen LogP contribution in [-0.4, -0.2) is 49.2 Å². The van der Waals surface area contributed by atoms with Gasteiger partial charge in [-0.1, -0.05) is 23.7 Å². The van der Waals surface area contributed by atoms with Crippen molar-refractivity contribution >= 4 is 47.7 Å². The van der Waals surface area contributed by atoms with Crippen LogP contribution < -0.4 is 10.9 Å². The van der Waals surface area contributed by atoms with Crippen molar-refractivity contribution in [2.75, 3.05) is 0 Å². The third-order valence-electron chi connectivity index (χ3n) is 3.46. The molecule has 23 heavy (non-hydrogen) atoms. The summed E-state index contributed by atoms with van der Waals surface area (Å²) in [7, 11) is -3.33. The van der Waals surface area contributed by atoms with E-state index in [1.165, 1.54) is 35.0 Å². The van der Waals surface area contributed by atoms with E-state index in [9.17, 15) is 15.2 Å². The third-order valence-corrected chi connectivity index (χ3v) is 3.82. The molecular weight excluding hydrogens is 321 g/mol. The van der Waals surface area contributed by atoms with Gasteiger partial charge < -0.3 is 25.2 Å². The van der Waals surface area contributed by atoms with E-state index in [1.54, 1.807) is 6.07 Å². The predicted molar refractivity (Wildman–Crippen MR) is 87.4 cm³/mol. The molecule has 0 bridgehead atoms. The second kappa shape index (κ2) is 5.88. The molecule has 0 spiro atoms. The molecule has 116 valence electrons. The molecule has 0 unspecified atom stereocenters. The number of rotatable bonds is 3. The van der Waals surface area contributed by atoms with Crippen LogP contribution in [-0.2, 0) is 0 Å². The number of fused-ring (bicyclic) bond motifs is 1. The number of aromatic nitrogens is 2. The average molecular weight is 332 g/mol. The maximum atomic E-state index is 10.1. The number of nitrogens with zero attached hydrogens (tertiary/aromatic N) is 2. The largest absolute Gasteiger partial charge is 0.506 e. The molecule has 0 saturated carbocycles. The summed E-state index contributed by atoms with van der Waals surface area (Å²) < 4.78 is 1.28. The van der Waals surface area contributed by atoms with Gasteiger partial charge in [0.2, 0.25) is 0 Å². The number of halogens is 1. The van der Waals surface area contributed by atoms with E-state index in [1.807, 2.05) is 0 Å². The molecule has 0 aliphatic carbocycles. The first kappa shape index (κ1) is 15.8. The molecule has 1 heterocycles. The number of benzene rings is 2. The lowest BCUT2D eigenvalue weighted by Crippen LogP contribution is -2.29. The van der Waals surface area contributed by atoms with Gasteiger partial charge in [0.25, 0.3) is 0 Å². The first-order chi connectivity index (χ1) is 10.9. The Balaban J connectivity index is 2.15. The summed E-state index contributed by atoms with van der Waals surface area (Å²) in [6.07, 6.45) is 0. The lowest BCUT2D eigenvalue weighted by atomic mass is 9.80. The van der Waals surface area contributed by atoms with E-state index in [4.69, 9.17) is 21.6 Å². The van der Waals surface area contributed by atoms with Crippen molar-refractivity contribution in [1.29, 1.82) is 0 Å². The normalized spacial score (nSPS) is 11.0. The van der Waals surface area contributed by atoms with Crippen LogP contribution >= 0.6 is 11.6 Å². The second-order valence-electron chi connectivity index (χ2n) is 4.97. The van der Waals surface area contributed by atoms with Crippen LogP contribution in [0.25, 0.3) is 16.6 Å². The minimum Gasteiger partial charge on any atom is -0.506 e. The Labute approximate surface area is 136 Å². The van der Waals surface area contributed by atoms with Crippen LogP contribution in [0.2, 0.25) is 5.15 Å². The molecule has 2 aromatic carbocycles. The van der Waals surface area contributed by atoms with E-state index in [0.29, 0.717) is 10.9 Å². The summed E-state index contributed by atoms with van der Waals surface area (Å²) in [4.78, 5) is 0. The Kier molecular flexibility index (Phi) is 4.05. The fourth-order valence-corrected chi connectivity index (χ4v) is 2.55. The predicted octanol–water partition coefficient (Wildman–Crippen LogP) is -1.26. The highest BCUT2D eigenvalue weighted by atomic mass is 35.5. The van der Waals surface area contributed by atoms with Crippen LogP contribution in [0.5, 0.6) is 5.75 Å². The zero-order valence-electron chi connectivity index (χ0n) is 11.6. The summed E-state index contributed by atoms with van der Waals surface area (Å²) in [5.74, 6) is -0.229. The molecule has 3 aromatic rings. The smallest absolute Gasteiger partial charge is 0.488 e. The van der Waals surface area contributed by atoms with Crippen LogP contribution in [0.3, 0.4) is 0 Å². The summed E-state index contributed by atoms with van der Waals surface area (Å²) in [6, 6.07) is 8.65. The van der Waals surface area contributed by atoms with Gasteiger partial charge in [-0.2, -0.15) is 5.10 Å². The molecule has 3 rings (SSSR count). The van der Waals surface area contributed by atoms with Gasteiger partial charge in [-0.05, 0) is 35.2 Å². The van der Waals surface area contributed by atoms with Crippen molar-refractivity contribution in [2.24, 2.45) is 0 Å². The average Bonchev–Trinajstić information content (AvgIpc) is 2.83. The van der Waals surface area contributed by atoms with Gasteiger partial charge in [0, 0.05) is 5.39 Å². The molecule has 0 aliphatic heterocycles. The Bertz CT molecular complexity index is 884. The Morgan fingerprint density at radius 2 is 1.52 bits per heavy atom. The van der Waals surface area contributed by atoms with Gasteiger partial charge in [0.15, 0.2) is 0 Å². The van der Waals surface area contributed by atoms with Gasteiger partial charge >= 0.3 is 14.2 Å². The Morgan fingerprint density at radius 1 is 0.913 bits per heavy atom. The number of phenolic OH excluding ortho intramolecular Hbond substituents is 1. The highest BCUT2D eigenvalue weighted by Gasteiger charge is 2.19. The number of hydrogen-bond acceptors (Lipinski definition) is 6. The maximum Gasteiger partial charge on any atom is 0.488 e. The van der Waals surface area contributed by atoms with Crippen molar-refractivity contribution in [3.05, 3.63) is 41.6 Å². The Hall–Kier alpha value is -2.03. The van der Waals surface area contributed by atoms with E-state index in [2.05, 4.69) is 5.10 Å². The van der Waals surface area contributed by atoms with Crippen molar-refractivity contribution in [1.82, 2.24) is 9.78 Å². The molecule has 1 aromatic heterocycles. The van der Waals surface area contributed by atoms with Gasteiger partial charge in [-0.3, -0.25) is 0 Å². The zero-order valence-corrected chi connectivity index (χ0v) is 12.4. The van der Waals surface area contributed by atoms with E-state index >= 15 is 0 Å². The van der Waals surface area contributed by atoms with Gasteiger partial charge in [0.1, 0.15) is 16.6 Å². The number of hydrogen-bond donors (Lipinski definition) is 5. The van der Waals surface area contributed by atoms with E-state index in [-0.39, 0.29) is 27.5 Å². The second-order valence-corrected chi connectivity index (χ2v) is 5.33. The number of phenols is 1. The molecule has 10 heteroatoms. The van der Waals surface area contributed by atoms with Crippen molar-refractivity contribution < 1.29 is 25.2 Å². The van der Waals surface area contributed by atoms with Gasteiger partial charge in [-0.25, -0.2) is 4.68 Å². The lowest BCUT2D eigenvalue weighted by molar-refractivity contribution is 0.424. The summed E-state index contributed by atoms with van der Waals surface area (Å²) in [5, 5.41) is 51.6. The van der Waals surface area contributed by atoms with Gasteiger partial charge in [0.05, 0.1) is 5.52 Å². The van der Waals surface area contributed by atoms with Crippen molar-refractivity contribution in [2.45, 2.75) is 0 Å². The summed E-state index contributed by atoms with van der Waals surface area (Å²) in [6.45, 7) is 0. The SMILES string of the molecule is OB(O)c1ccc(-n2nc3ccc(B(O)O)cc3c2Cl)c(O)c1. The first-order valence-corrected chi connectivity index (χ1v) is 7.00. The molecule has 0 fully saturated rings. The summed E-state index contributed by atoms with van der Waals surface area (Å²) >= 11 is 6.27. The molecule has 0 radical (unpaired) electrons. The topological polar surface area (TPSA) is 119 Å². The molecule has 0 amide bonds. The van der Waals surface area contributed by atoms with Gasteiger partial charge in [-0.15, -0.1) is 0 Å². The molecular formula is C13H11B2ClN2O5. The van der Waals surface area contributed by atoms with Crippen LogP contribution in [0.15, 0.2) is 36.4 Å². The third kappa shape index (κ3) is 2.80. The van der Waals surface area contributed by atoms with Crippen molar-refractivity contribution in [3.8, 4) is 11.4 Å². The van der Waals surface area contributed by atoms with Crippen molar-refractivity contribution in [3.63, 3.8) is 0 Å². The fourth-order valence-electron chi connectivity index (χ4n) is 2.27. The molecule has 7 nitrogen and oxygen atoms in total. The monoisotopic (exact) mass is 332 g/mol. The first-order valence-electron chi connectivity index (χ1n) is 6.62. The zero-order chi connectivity index (χ0) is 16.7.